The van der Waals surface area contributed by atoms with Crippen LogP contribution >= 0.6 is 0 Å². The van der Waals surface area contributed by atoms with Crippen LogP contribution in [0.5, 0.6) is 0 Å². The fourth-order valence-electron chi connectivity index (χ4n) is 3.68. The number of rotatable bonds is 5. The predicted molar refractivity (Wildman–Crippen MR) is 95.1 cm³/mol. The molecule has 1 aromatic rings. The molecule has 1 amide bonds. The number of nitrogens with zero attached hydrogens (tertiary/aromatic N) is 5. The van der Waals surface area contributed by atoms with Crippen LogP contribution in [-0.4, -0.2) is 84.1 Å². The van der Waals surface area contributed by atoms with E-state index in [4.69, 9.17) is 9.72 Å². The predicted octanol–water partition coefficient (Wildman–Crippen LogP) is 0.842. The lowest BCUT2D eigenvalue weighted by Crippen LogP contribution is -2.45. The minimum absolute atomic E-state index is 0.204. The second kappa shape index (κ2) is 8.21. The van der Waals surface area contributed by atoms with Gasteiger partial charge in [-0.25, -0.2) is 9.97 Å². The molecule has 0 bridgehead atoms. The summed E-state index contributed by atoms with van der Waals surface area (Å²) >= 11 is 0. The average molecular weight is 347 g/mol. The van der Waals surface area contributed by atoms with E-state index in [1.807, 2.05) is 18.0 Å². The van der Waals surface area contributed by atoms with Crippen molar-refractivity contribution in [2.75, 3.05) is 53.5 Å². The van der Waals surface area contributed by atoms with Crippen LogP contribution in [0.15, 0.2) is 6.20 Å². The fraction of sp³-hybridized carbons (Fsp3) is 0.722. The minimum atomic E-state index is 0.204. The molecule has 25 heavy (non-hydrogen) atoms. The van der Waals surface area contributed by atoms with Gasteiger partial charge in [-0.2, -0.15) is 0 Å². The molecule has 0 aliphatic carbocycles. The summed E-state index contributed by atoms with van der Waals surface area (Å²) in [4.78, 5) is 28.1. The minimum Gasteiger partial charge on any atom is -0.378 e. The van der Waals surface area contributed by atoms with Crippen molar-refractivity contribution in [2.24, 2.45) is 0 Å². The Bertz CT molecular complexity index is 601. The topological polar surface area (TPSA) is 61.8 Å². The van der Waals surface area contributed by atoms with Crippen LogP contribution in [0.25, 0.3) is 0 Å². The molecule has 3 rings (SSSR count). The summed E-state index contributed by atoms with van der Waals surface area (Å²) in [7, 11) is 4.11. The average Bonchev–Trinajstić information content (AvgIpc) is 3.05. The van der Waals surface area contributed by atoms with Crippen molar-refractivity contribution in [3.63, 3.8) is 0 Å². The SMILES string of the molecule is Cc1ncc(CN(C)C)c([C@@H]2CCCN2CC(=O)N2CCOCC2)n1. The molecule has 0 aromatic carbocycles. The molecule has 2 aliphatic rings. The van der Waals surface area contributed by atoms with Gasteiger partial charge in [0.15, 0.2) is 0 Å². The van der Waals surface area contributed by atoms with Gasteiger partial charge in [-0.3, -0.25) is 9.69 Å². The van der Waals surface area contributed by atoms with Crippen LogP contribution in [0.1, 0.15) is 36.0 Å². The Morgan fingerprint density at radius 1 is 1.32 bits per heavy atom. The van der Waals surface area contributed by atoms with Gasteiger partial charge in [-0.15, -0.1) is 0 Å². The lowest BCUT2D eigenvalue weighted by molar-refractivity contribution is -0.136. The number of hydrogen-bond acceptors (Lipinski definition) is 6. The third-order valence-electron chi connectivity index (χ3n) is 4.89. The standard InChI is InChI=1S/C18H29N5O2/c1-14-19-11-15(12-21(2)3)18(20-14)16-5-4-6-23(16)13-17(24)22-7-9-25-10-8-22/h11,16H,4-10,12-13H2,1-3H3/t16-/m0/s1. The number of amides is 1. The zero-order valence-corrected chi connectivity index (χ0v) is 15.6. The zero-order chi connectivity index (χ0) is 17.8. The molecule has 1 atom stereocenters. The number of aromatic nitrogens is 2. The van der Waals surface area contributed by atoms with Crippen molar-refractivity contribution in [3.05, 3.63) is 23.3 Å². The largest absolute Gasteiger partial charge is 0.378 e. The van der Waals surface area contributed by atoms with Crippen molar-refractivity contribution in [1.82, 2.24) is 24.7 Å². The van der Waals surface area contributed by atoms with Crippen molar-refractivity contribution in [1.29, 1.82) is 0 Å². The molecule has 2 fully saturated rings. The van der Waals surface area contributed by atoms with E-state index in [0.717, 1.165) is 43.0 Å². The van der Waals surface area contributed by atoms with E-state index < -0.39 is 0 Å². The number of carbonyl (C=O) groups is 1. The first-order chi connectivity index (χ1) is 12.0. The van der Waals surface area contributed by atoms with Crippen LogP contribution < -0.4 is 0 Å². The maximum atomic E-state index is 12.6. The van der Waals surface area contributed by atoms with E-state index in [9.17, 15) is 4.79 Å². The van der Waals surface area contributed by atoms with Gasteiger partial charge in [0.05, 0.1) is 31.5 Å². The highest BCUT2D eigenvalue weighted by atomic mass is 16.5. The Hall–Kier alpha value is -1.57. The van der Waals surface area contributed by atoms with Crippen LogP contribution in [0.4, 0.5) is 0 Å². The second-order valence-corrected chi connectivity index (χ2v) is 7.19. The monoisotopic (exact) mass is 347 g/mol. The quantitative estimate of drug-likeness (QED) is 0.787. The number of likely N-dealkylation sites (tertiary alicyclic amines) is 1. The maximum Gasteiger partial charge on any atom is 0.236 e. The summed E-state index contributed by atoms with van der Waals surface area (Å²) in [6.07, 6.45) is 4.09. The molecule has 138 valence electrons. The Morgan fingerprint density at radius 2 is 2.08 bits per heavy atom. The normalized spacial score (nSPS) is 21.9. The summed E-state index contributed by atoms with van der Waals surface area (Å²) in [5.41, 5.74) is 2.25. The van der Waals surface area contributed by atoms with E-state index in [2.05, 4.69) is 28.9 Å². The van der Waals surface area contributed by atoms with Crippen molar-refractivity contribution < 1.29 is 9.53 Å². The molecular weight excluding hydrogens is 318 g/mol. The Kier molecular flexibility index (Phi) is 5.98. The van der Waals surface area contributed by atoms with Gasteiger partial charge in [0.1, 0.15) is 5.82 Å². The van der Waals surface area contributed by atoms with Gasteiger partial charge in [0.25, 0.3) is 0 Å². The first-order valence-electron chi connectivity index (χ1n) is 9.11. The van der Waals surface area contributed by atoms with Crippen molar-refractivity contribution >= 4 is 5.91 Å². The number of hydrogen-bond donors (Lipinski definition) is 0. The number of carbonyl (C=O) groups excluding carboxylic acids is 1. The Labute approximate surface area is 150 Å². The van der Waals surface area contributed by atoms with Gasteiger partial charge >= 0.3 is 0 Å². The molecule has 2 saturated heterocycles. The van der Waals surface area contributed by atoms with Gasteiger partial charge in [-0.05, 0) is 40.4 Å². The smallest absolute Gasteiger partial charge is 0.236 e. The van der Waals surface area contributed by atoms with Gasteiger partial charge in [0.2, 0.25) is 5.91 Å². The molecule has 1 aromatic heterocycles. The molecule has 3 heterocycles. The summed E-state index contributed by atoms with van der Waals surface area (Å²) in [6, 6.07) is 0.210. The third-order valence-corrected chi connectivity index (χ3v) is 4.89. The van der Waals surface area contributed by atoms with Crippen LogP contribution in [-0.2, 0) is 16.1 Å². The summed E-state index contributed by atoms with van der Waals surface area (Å²) in [5, 5.41) is 0. The van der Waals surface area contributed by atoms with Crippen LogP contribution in [0.3, 0.4) is 0 Å². The van der Waals surface area contributed by atoms with E-state index in [1.54, 1.807) is 0 Å². The molecule has 0 spiro atoms. The molecule has 7 heteroatoms. The van der Waals surface area contributed by atoms with E-state index >= 15 is 0 Å². The van der Waals surface area contributed by atoms with Crippen LogP contribution in [0.2, 0.25) is 0 Å². The van der Waals surface area contributed by atoms with Gasteiger partial charge in [-0.1, -0.05) is 0 Å². The summed E-state index contributed by atoms with van der Waals surface area (Å²) in [6.45, 7) is 6.87. The lowest BCUT2D eigenvalue weighted by Gasteiger charge is -2.31. The lowest BCUT2D eigenvalue weighted by atomic mass is 10.1. The van der Waals surface area contributed by atoms with E-state index in [0.29, 0.717) is 32.8 Å². The number of aryl methyl sites for hydroxylation is 1. The molecule has 0 saturated carbocycles. The summed E-state index contributed by atoms with van der Waals surface area (Å²) in [5.74, 6) is 0.999. The first-order valence-corrected chi connectivity index (χ1v) is 9.11. The Morgan fingerprint density at radius 3 is 2.80 bits per heavy atom. The highest BCUT2D eigenvalue weighted by Gasteiger charge is 2.32. The third kappa shape index (κ3) is 4.54. The van der Waals surface area contributed by atoms with Crippen LogP contribution in [0, 0.1) is 6.92 Å². The Balaban J connectivity index is 1.74. The van der Waals surface area contributed by atoms with E-state index in [1.165, 1.54) is 0 Å². The first kappa shape index (κ1) is 18.2. The highest BCUT2D eigenvalue weighted by Crippen LogP contribution is 2.32. The van der Waals surface area contributed by atoms with Gasteiger partial charge < -0.3 is 14.5 Å². The maximum absolute atomic E-state index is 12.6. The van der Waals surface area contributed by atoms with Crippen molar-refractivity contribution in [2.45, 2.75) is 32.4 Å². The van der Waals surface area contributed by atoms with E-state index in [-0.39, 0.29) is 11.9 Å². The van der Waals surface area contributed by atoms with Crippen molar-refractivity contribution in [3.8, 4) is 0 Å². The second-order valence-electron chi connectivity index (χ2n) is 7.19. The number of ether oxygens (including phenoxy) is 1. The molecule has 2 aliphatic heterocycles. The zero-order valence-electron chi connectivity index (χ0n) is 15.6. The molecule has 0 unspecified atom stereocenters. The molecule has 0 N–H and O–H groups in total. The molecule has 7 nitrogen and oxygen atoms in total. The van der Waals surface area contributed by atoms with Gasteiger partial charge in [0, 0.05) is 31.4 Å². The fourth-order valence-corrected chi connectivity index (χ4v) is 3.68. The summed E-state index contributed by atoms with van der Waals surface area (Å²) < 4.78 is 5.35. The number of morpholine rings is 1. The highest BCUT2D eigenvalue weighted by molar-refractivity contribution is 5.78. The molecule has 0 radical (unpaired) electrons. The molecular formula is C18H29N5O2.